The van der Waals surface area contributed by atoms with E-state index in [1.54, 1.807) is 28.3 Å². The molecule has 0 spiro atoms. The fourth-order valence-corrected chi connectivity index (χ4v) is 2.89. The van der Waals surface area contributed by atoms with Gasteiger partial charge in [-0.15, -0.1) is 11.3 Å². The van der Waals surface area contributed by atoms with Gasteiger partial charge in [0.15, 0.2) is 5.82 Å². The average Bonchev–Trinajstić information content (AvgIpc) is 2.95. The van der Waals surface area contributed by atoms with Crippen LogP contribution in [0, 0.1) is 25.2 Å². The summed E-state index contributed by atoms with van der Waals surface area (Å²) >= 11 is 1.64. The zero-order valence-corrected chi connectivity index (χ0v) is 10.7. The predicted octanol–water partition coefficient (Wildman–Crippen LogP) is 2.37. The lowest BCUT2D eigenvalue weighted by Gasteiger charge is -2.04. The monoisotopic (exact) mass is 255 g/mol. The lowest BCUT2D eigenvalue weighted by Crippen LogP contribution is -2.01. The number of imidazole rings is 1. The largest absolute Gasteiger partial charge is 0.275 e. The molecule has 0 atom stereocenters. The van der Waals surface area contributed by atoms with Gasteiger partial charge < -0.3 is 0 Å². The van der Waals surface area contributed by atoms with Crippen molar-refractivity contribution in [2.75, 3.05) is 0 Å². The third kappa shape index (κ3) is 1.41. The standard InChI is InChI=1S/C12H9N5S/c1-7-8(2)18-12-10(7)11(15-6-16-12)17-4-3-14-9(17)5-13/h3-4,6H,1-2H3. The normalized spacial score (nSPS) is 10.7. The van der Waals surface area contributed by atoms with Gasteiger partial charge in [-0.1, -0.05) is 0 Å². The molecule has 3 rings (SSSR count). The van der Waals surface area contributed by atoms with Gasteiger partial charge in [0.05, 0.1) is 5.39 Å². The second kappa shape index (κ2) is 3.89. The Labute approximate surface area is 107 Å². The van der Waals surface area contributed by atoms with Crippen LogP contribution in [0.3, 0.4) is 0 Å². The minimum absolute atomic E-state index is 0.332. The molecule has 0 bridgehead atoms. The molecule has 0 aliphatic rings. The van der Waals surface area contributed by atoms with E-state index in [-0.39, 0.29) is 0 Å². The third-order valence-electron chi connectivity index (χ3n) is 2.91. The van der Waals surface area contributed by atoms with Gasteiger partial charge in [0, 0.05) is 17.3 Å². The van der Waals surface area contributed by atoms with Crippen LogP contribution in [-0.2, 0) is 0 Å². The summed E-state index contributed by atoms with van der Waals surface area (Å²) < 4.78 is 1.70. The molecule has 88 valence electrons. The summed E-state index contributed by atoms with van der Waals surface area (Å²) in [7, 11) is 0. The number of nitrogens with zero attached hydrogens (tertiary/aromatic N) is 5. The Morgan fingerprint density at radius 1 is 1.28 bits per heavy atom. The zero-order chi connectivity index (χ0) is 12.7. The molecule has 0 saturated heterocycles. The van der Waals surface area contributed by atoms with Crippen molar-refractivity contribution >= 4 is 21.6 Å². The fraction of sp³-hybridized carbons (Fsp3) is 0.167. The molecular weight excluding hydrogens is 246 g/mol. The number of fused-ring (bicyclic) bond motifs is 1. The van der Waals surface area contributed by atoms with Crippen molar-refractivity contribution < 1.29 is 0 Å². The highest BCUT2D eigenvalue weighted by Crippen LogP contribution is 2.31. The number of hydrogen-bond acceptors (Lipinski definition) is 5. The molecule has 0 N–H and O–H groups in total. The van der Waals surface area contributed by atoms with Crippen molar-refractivity contribution in [3.8, 4) is 11.9 Å². The van der Waals surface area contributed by atoms with E-state index in [0.717, 1.165) is 21.6 Å². The number of thiophene rings is 1. The van der Waals surface area contributed by atoms with Crippen LogP contribution >= 0.6 is 11.3 Å². The summed E-state index contributed by atoms with van der Waals surface area (Å²) in [5.74, 6) is 1.05. The van der Waals surface area contributed by atoms with Gasteiger partial charge in [0.25, 0.3) is 0 Å². The van der Waals surface area contributed by atoms with Gasteiger partial charge in [-0.25, -0.2) is 15.0 Å². The second-order valence-corrected chi connectivity index (χ2v) is 5.10. The smallest absolute Gasteiger partial charge is 0.218 e. The van der Waals surface area contributed by atoms with Crippen LogP contribution in [-0.4, -0.2) is 19.5 Å². The van der Waals surface area contributed by atoms with E-state index >= 15 is 0 Å². The SMILES string of the molecule is Cc1sc2ncnc(-n3ccnc3C#N)c2c1C. The summed E-state index contributed by atoms with van der Waals surface area (Å²) in [6.07, 6.45) is 4.86. The Morgan fingerprint density at radius 3 is 2.89 bits per heavy atom. The maximum Gasteiger partial charge on any atom is 0.218 e. The van der Waals surface area contributed by atoms with E-state index in [1.807, 2.05) is 6.92 Å². The molecule has 18 heavy (non-hydrogen) atoms. The molecule has 5 nitrogen and oxygen atoms in total. The Morgan fingerprint density at radius 2 is 2.11 bits per heavy atom. The Hall–Kier alpha value is -2.26. The van der Waals surface area contributed by atoms with E-state index in [4.69, 9.17) is 5.26 Å². The van der Waals surface area contributed by atoms with Crippen molar-refractivity contribution in [1.82, 2.24) is 19.5 Å². The zero-order valence-electron chi connectivity index (χ0n) is 9.88. The first kappa shape index (κ1) is 10.9. The number of hydrogen-bond donors (Lipinski definition) is 0. The van der Waals surface area contributed by atoms with Crippen molar-refractivity contribution in [3.63, 3.8) is 0 Å². The Balaban J connectivity index is 2.40. The van der Waals surface area contributed by atoms with Crippen LogP contribution in [0.5, 0.6) is 0 Å². The lowest BCUT2D eigenvalue weighted by molar-refractivity contribution is 0.969. The molecule has 3 aromatic rings. The number of nitriles is 1. The fourth-order valence-electron chi connectivity index (χ4n) is 1.90. The molecule has 3 heterocycles. The summed E-state index contributed by atoms with van der Waals surface area (Å²) in [5.41, 5.74) is 1.16. The maximum absolute atomic E-state index is 9.04. The minimum atomic E-state index is 0.332. The van der Waals surface area contributed by atoms with Crippen molar-refractivity contribution in [2.45, 2.75) is 13.8 Å². The lowest BCUT2D eigenvalue weighted by atomic mass is 10.2. The van der Waals surface area contributed by atoms with E-state index in [2.05, 4.69) is 27.9 Å². The second-order valence-electron chi connectivity index (χ2n) is 3.89. The molecule has 0 fully saturated rings. The molecule has 6 heteroatoms. The van der Waals surface area contributed by atoms with Crippen LogP contribution < -0.4 is 0 Å². The van der Waals surface area contributed by atoms with Gasteiger partial charge in [-0.05, 0) is 19.4 Å². The molecule has 0 aromatic carbocycles. The van der Waals surface area contributed by atoms with Crippen molar-refractivity contribution in [3.05, 3.63) is 35.0 Å². The van der Waals surface area contributed by atoms with E-state index < -0.39 is 0 Å². The average molecular weight is 255 g/mol. The summed E-state index contributed by atoms with van der Waals surface area (Å²) in [5, 5.41) is 10.0. The summed E-state index contributed by atoms with van der Waals surface area (Å²) in [6.45, 7) is 4.11. The van der Waals surface area contributed by atoms with Gasteiger partial charge >= 0.3 is 0 Å². The topological polar surface area (TPSA) is 67.4 Å². The van der Waals surface area contributed by atoms with Gasteiger partial charge in [0.1, 0.15) is 17.2 Å². The first-order chi connectivity index (χ1) is 8.72. The third-order valence-corrected chi connectivity index (χ3v) is 4.03. The first-order valence-corrected chi connectivity index (χ1v) is 6.18. The number of aryl methyl sites for hydroxylation is 2. The van der Waals surface area contributed by atoms with E-state index in [1.165, 1.54) is 11.2 Å². The van der Waals surface area contributed by atoms with Gasteiger partial charge in [-0.2, -0.15) is 5.26 Å². The summed E-state index contributed by atoms with van der Waals surface area (Å²) in [6, 6.07) is 2.06. The van der Waals surface area contributed by atoms with E-state index in [0.29, 0.717) is 5.82 Å². The quantitative estimate of drug-likeness (QED) is 0.669. The molecule has 3 aromatic heterocycles. The van der Waals surface area contributed by atoms with Crippen LogP contribution in [0.1, 0.15) is 16.3 Å². The maximum atomic E-state index is 9.04. The summed E-state index contributed by atoms with van der Waals surface area (Å²) in [4.78, 5) is 14.7. The van der Waals surface area contributed by atoms with Crippen LogP contribution in [0.25, 0.3) is 16.0 Å². The van der Waals surface area contributed by atoms with Crippen LogP contribution in [0.15, 0.2) is 18.7 Å². The molecule has 0 aliphatic heterocycles. The highest BCUT2D eigenvalue weighted by molar-refractivity contribution is 7.18. The molecule has 0 amide bonds. The molecule has 0 radical (unpaired) electrons. The van der Waals surface area contributed by atoms with Crippen LogP contribution in [0.4, 0.5) is 0 Å². The Kier molecular flexibility index (Phi) is 2.35. The molecule has 0 saturated carbocycles. The Bertz CT molecular complexity index is 777. The van der Waals surface area contributed by atoms with Crippen LogP contribution in [0.2, 0.25) is 0 Å². The number of aromatic nitrogens is 4. The number of rotatable bonds is 1. The highest BCUT2D eigenvalue weighted by atomic mass is 32.1. The first-order valence-electron chi connectivity index (χ1n) is 5.37. The van der Waals surface area contributed by atoms with Gasteiger partial charge in [-0.3, -0.25) is 4.57 Å². The highest BCUT2D eigenvalue weighted by Gasteiger charge is 2.15. The molecule has 0 aliphatic carbocycles. The molecular formula is C12H9N5S. The predicted molar refractivity (Wildman–Crippen MR) is 68.7 cm³/mol. The van der Waals surface area contributed by atoms with Crippen molar-refractivity contribution in [1.29, 1.82) is 5.26 Å². The minimum Gasteiger partial charge on any atom is -0.275 e. The molecule has 0 unspecified atom stereocenters. The van der Waals surface area contributed by atoms with Crippen molar-refractivity contribution in [2.24, 2.45) is 0 Å². The van der Waals surface area contributed by atoms with Gasteiger partial charge in [0.2, 0.25) is 5.82 Å². The van der Waals surface area contributed by atoms with E-state index in [9.17, 15) is 0 Å².